The van der Waals surface area contributed by atoms with Gasteiger partial charge in [-0.15, -0.1) is 0 Å². The topological polar surface area (TPSA) is 102 Å². The Morgan fingerprint density at radius 1 is 1.18 bits per heavy atom. The Labute approximate surface area is 165 Å². The third-order valence-electron chi connectivity index (χ3n) is 3.91. The Morgan fingerprint density at radius 3 is 2.50 bits per heavy atom. The molecule has 0 fully saturated rings. The molecule has 0 bridgehead atoms. The van der Waals surface area contributed by atoms with Crippen molar-refractivity contribution in [3.05, 3.63) is 53.6 Å². The normalized spacial score (nSPS) is 12.8. The van der Waals surface area contributed by atoms with Gasteiger partial charge >= 0.3 is 5.97 Å². The summed E-state index contributed by atoms with van der Waals surface area (Å²) < 4.78 is 15.1. The van der Waals surface area contributed by atoms with Gasteiger partial charge in [0.15, 0.2) is 0 Å². The molecule has 0 heterocycles. The number of allylic oxidation sites excluding steroid dienone is 2. The minimum Gasteiger partial charge on any atom is -0.497 e. The number of hydrogen-bond acceptors (Lipinski definition) is 7. The van der Waals surface area contributed by atoms with Crippen LogP contribution in [0, 0.1) is 0 Å². The van der Waals surface area contributed by atoms with E-state index in [0.29, 0.717) is 18.8 Å². The number of carbonyl (C=O) groups is 2. The highest BCUT2D eigenvalue weighted by molar-refractivity contribution is 5.95. The van der Waals surface area contributed by atoms with E-state index in [0.717, 1.165) is 11.3 Å². The van der Waals surface area contributed by atoms with Crippen LogP contribution in [0.4, 0.5) is 0 Å². The zero-order valence-electron chi connectivity index (χ0n) is 16.3. The maximum atomic E-state index is 11.7. The van der Waals surface area contributed by atoms with Gasteiger partial charge in [-0.2, -0.15) is 0 Å². The number of aliphatic hydroxyl groups is 2. The van der Waals surface area contributed by atoms with Crippen LogP contribution in [-0.2, 0) is 25.7 Å². The molecule has 7 nitrogen and oxygen atoms in total. The maximum Gasteiger partial charge on any atom is 0.313 e. The second-order valence-electron chi connectivity index (χ2n) is 6.02. The minimum atomic E-state index is -1.06. The number of rotatable bonds is 13. The number of ether oxygens (including phenoxy) is 3. The molecule has 0 aromatic heterocycles. The summed E-state index contributed by atoms with van der Waals surface area (Å²) in [7, 11) is 2.81. The molecule has 28 heavy (non-hydrogen) atoms. The van der Waals surface area contributed by atoms with E-state index < -0.39 is 17.9 Å². The number of benzene rings is 1. The molecule has 0 aliphatic heterocycles. The predicted octanol–water partition coefficient (Wildman–Crippen LogP) is 1.96. The average molecular weight is 392 g/mol. The molecule has 0 saturated carbocycles. The summed E-state index contributed by atoms with van der Waals surface area (Å²) in [6, 6.07) is 7.57. The third-order valence-corrected chi connectivity index (χ3v) is 3.91. The molecule has 0 aliphatic rings. The molecule has 0 spiro atoms. The number of ketones is 1. The lowest BCUT2D eigenvalue weighted by Gasteiger charge is -2.13. The quantitative estimate of drug-likeness (QED) is 0.229. The third kappa shape index (κ3) is 9.45. The number of aliphatic hydroxyl groups excluding tert-OH is 2. The van der Waals surface area contributed by atoms with Crippen LogP contribution in [0.1, 0.15) is 24.8 Å². The van der Waals surface area contributed by atoms with Crippen molar-refractivity contribution in [1.82, 2.24) is 0 Å². The SMILES string of the molecule is COC(=O)CC(=O)CC(O)/C(=C/C=C/COCc1ccc(OC)cc1)CCO. The molecule has 1 aromatic carbocycles. The molecule has 1 aromatic rings. The second kappa shape index (κ2) is 13.7. The maximum absolute atomic E-state index is 11.7. The lowest BCUT2D eigenvalue weighted by molar-refractivity contribution is -0.143. The summed E-state index contributed by atoms with van der Waals surface area (Å²) in [5.74, 6) is -0.275. The first-order valence-corrected chi connectivity index (χ1v) is 8.93. The molecular formula is C21H28O7. The van der Waals surface area contributed by atoms with Gasteiger partial charge in [-0.1, -0.05) is 30.4 Å². The fourth-order valence-corrected chi connectivity index (χ4v) is 2.36. The summed E-state index contributed by atoms with van der Waals surface area (Å²) in [5, 5.41) is 19.3. The largest absolute Gasteiger partial charge is 0.497 e. The van der Waals surface area contributed by atoms with Gasteiger partial charge in [-0.3, -0.25) is 9.59 Å². The molecular weight excluding hydrogens is 364 g/mol. The van der Waals surface area contributed by atoms with E-state index in [-0.39, 0.29) is 25.9 Å². The molecule has 7 heteroatoms. The molecule has 0 radical (unpaired) electrons. The van der Waals surface area contributed by atoms with Crippen molar-refractivity contribution in [1.29, 1.82) is 0 Å². The van der Waals surface area contributed by atoms with E-state index in [2.05, 4.69) is 4.74 Å². The van der Waals surface area contributed by atoms with Gasteiger partial charge in [0, 0.05) is 13.0 Å². The van der Waals surface area contributed by atoms with Crippen LogP contribution in [-0.4, -0.2) is 55.5 Å². The van der Waals surface area contributed by atoms with E-state index >= 15 is 0 Å². The van der Waals surface area contributed by atoms with Crippen molar-refractivity contribution >= 4 is 11.8 Å². The Hall–Kier alpha value is -2.48. The van der Waals surface area contributed by atoms with Crippen molar-refractivity contribution in [2.75, 3.05) is 27.4 Å². The zero-order chi connectivity index (χ0) is 20.8. The van der Waals surface area contributed by atoms with Crippen LogP contribution in [0.3, 0.4) is 0 Å². The van der Waals surface area contributed by atoms with Gasteiger partial charge in [-0.25, -0.2) is 0 Å². The Morgan fingerprint density at radius 2 is 1.89 bits per heavy atom. The number of methoxy groups -OCH3 is 2. The summed E-state index contributed by atoms with van der Waals surface area (Å²) in [5.41, 5.74) is 1.53. The summed E-state index contributed by atoms with van der Waals surface area (Å²) in [4.78, 5) is 22.8. The molecule has 154 valence electrons. The van der Waals surface area contributed by atoms with Crippen molar-refractivity contribution in [3.63, 3.8) is 0 Å². The van der Waals surface area contributed by atoms with Gasteiger partial charge in [0.05, 0.1) is 33.5 Å². The summed E-state index contributed by atoms with van der Waals surface area (Å²) in [6.45, 7) is 0.661. The number of carbonyl (C=O) groups excluding carboxylic acids is 2. The standard InChI is InChI=1S/C21H28O7/c1-26-19-8-6-16(7-9-19)15-28-12-4-3-5-17(10-11-22)20(24)13-18(23)14-21(25)27-2/h3-9,20,22,24H,10-15H2,1-2H3/b4-3+,17-5+. The van der Waals surface area contributed by atoms with Crippen molar-refractivity contribution in [2.24, 2.45) is 0 Å². The summed E-state index contributed by atoms with van der Waals surface area (Å²) in [6.07, 6.45) is 3.69. The first-order chi connectivity index (χ1) is 13.5. The zero-order valence-corrected chi connectivity index (χ0v) is 16.3. The first-order valence-electron chi connectivity index (χ1n) is 8.93. The smallest absolute Gasteiger partial charge is 0.313 e. The lowest BCUT2D eigenvalue weighted by Crippen LogP contribution is -2.19. The van der Waals surface area contributed by atoms with Crippen LogP contribution in [0.5, 0.6) is 5.75 Å². The van der Waals surface area contributed by atoms with Crippen molar-refractivity contribution in [3.8, 4) is 5.75 Å². The van der Waals surface area contributed by atoms with Gasteiger partial charge in [0.1, 0.15) is 18.0 Å². The van der Waals surface area contributed by atoms with E-state index in [4.69, 9.17) is 14.6 Å². The molecule has 0 aliphatic carbocycles. The Bertz CT molecular complexity index is 662. The highest BCUT2D eigenvalue weighted by atomic mass is 16.5. The van der Waals surface area contributed by atoms with Gasteiger partial charge < -0.3 is 24.4 Å². The first kappa shape index (κ1) is 23.6. The van der Waals surface area contributed by atoms with Gasteiger partial charge in [0.2, 0.25) is 0 Å². The number of hydrogen-bond donors (Lipinski definition) is 2. The predicted molar refractivity (Wildman–Crippen MR) is 104 cm³/mol. The molecule has 0 saturated heterocycles. The Balaban J connectivity index is 2.46. The van der Waals surface area contributed by atoms with E-state index in [1.165, 1.54) is 7.11 Å². The number of esters is 1. The lowest BCUT2D eigenvalue weighted by atomic mass is 10.00. The summed E-state index contributed by atoms with van der Waals surface area (Å²) >= 11 is 0. The van der Waals surface area contributed by atoms with Crippen molar-refractivity contribution in [2.45, 2.75) is 32.0 Å². The molecule has 1 unspecified atom stereocenters. The van der Waals surface area contributed by atoms with Crippen LogP contribution < -0.4 is 4.74 Å². The molecule has 0 amide bonds. The van der Waals surface area contributed by atoms with Gasteiger partial charge in [0.25, 0.3) is 0 Å². The van der Waals surface area contributed by atoms with Crippen LogP contribution in [0.2, 0.25) is 0 Å². The minimum absolute atomic E-state index is 0.157. The number of Topliss-reactive ketones (excluding diaryl/α,β-unsaturated/α-hetero) is 1. The fourth-order valence-electron chi connectivity index (χ4n) is 2.36. The van der Waals surface area contributed by atoms with Crippen LogP contribution >= 0.6 is 0 Å². The molecule has 1 atom stereocenters. The van der Waals surface area contributed by atoms with Gasteiger partial charge in [-0.05, 0) is 29.7 Å². The highest BCUT2D eigenvalue weighted by Gasteiger charge is 2.17. The van der Waals surface area contributed by atoms with E-state index in [1.54, 1.807) is 25.3 Å². The highest BCUT2D eigenvalue weighted by Crippen LogP contribution is 2.13. The van der Waals surface area contributed by atoms with Crippen LogP contribution in [0.25, 0.3) is 0 Å². The molecule has 1 rings (SSSR count). The van der Waals surface area contributed by atoms with Crippen molar-refractivity contribution < 1.29 is 34.0 Å². The molecule has 2 N–H and O–H groups in total. The Kier molecular flexibility index (Phi) is 11.5. The van der Waals surface area contributed by atoms with Crippen LogP contribution in [0.15, 0.2) is 48.1 Å². The fraction of sp³-hybridized carbons (Fsp3) is 0.429. The second-order valence-corrected chi connectivity index (χ2v) is 6.02. The van der Waals surface area contributed by atoms with E-state index in [1.807, 2.05) is 24.3 Å². The monoisotopic (exact) mass is 392 g/mol. The average Bonchev–Trinajstić information content (AvgIpc) is 2.69. The van der Waals surface area contributed by atoms with E-state index in [9.17, 15) is 14.7 Å².